The van der Waals surface area contributed by atoms with E-state index in [1.54, 1.807) is 30.3 Å². The van der Waals surface area contributed by atoms with Crippen molar-refractivity contribution in [2.24, 2.45) is 0 Å². The van der Waals surface area contributed by atoms with Crippen molar-refractivity contribution in [2.45, 2.75) is 6.54 Å². The molecule has 0 atom stereocenters. The predicted molar refractivity (Wildman–Crippen MR) is 115 cm³/mol. The normalized spacial score (nSPS) is 12.5. The van der Waals surface area contributed by atoms with Gasteiger partial charge in [0.05, 0.1) is 30.3 Å². The number of hydrogen-bond acceptors (Lipinski definition) is 6. The van der Waals surface area contributed by atoms with Gasteiger partial charge in [0.15, 0.2) is 6.61 Å². The van der Waals surface area contributed by atoms with Crippen LogP contribution >= 0.6 is 0 Å². The number of hydrogen-bond donors (Lipinski definition) is 0. The van der Waals surface area contributed by atoms with Crippen molar-refractivity contribution in [1.29, 1.82) is 0 Å². The smallest absolute Gasteiger partial charge is 0.342 e. The summed E-state index contributed by atoms with van der Waals surface area (Å²) in [5.74, 6) is -4.41. The summed E-state index contributed by atoms with van der Waals surface area (Å²) >= 11 is 0. The van der Waals surface area contributed by atoms with E-state index >= 15 is 0 Å². The van der Waals surface area contributed by atoms with E-state index in [1.165, 1.54) is 19.2 Å². The van der Waals surface area contributed by atoms with Crippen molar-refractivity contribution < 1.29 is 37.4 Å². The average Bonchev–Trinajstić information content (AvgIpc) is 3.08. The summed E-state index contributed by atoms with van der Waals surface area (Å²) in [6, 6.07) is 13.2. The number of esters is 1. The molecule has 2 amide bonds. The Balaban J connectivity index is 1.51. The van der Waals surface area contributed by atoms with Gasteiger partial charge in [-0.05, 0) is 48.0 Å². The fourth-order valence-electron chi connectivity index (χ4n) is 3.58. The van der Waals surface area contributed by atoms with E-state index in [1.807, 2.05) is 0 Å². The standard InChI is InChI=1S/C25H17F2NO6/c1-33-22-9-6-14(12-28-23(30)16-4-2-3-5-17(16)24(28)31)10-19(22)25(32)34-13-21(29)18-11-15(26)7-8-20(18)27/h2-11H,12-13H2,1H3. The first kappa shape index (κ1) is 22.8. The zero-order valence-electron chi connectivity index (χ0n) is 17.8. The Hall–Kier alpha value is -4.40. The van der Waals surface area contributed by atoms with Gasteiger partial charge in [0.2, 0.25) is 5.78 Å². The summed E-state index contributed by atoms with van der Waals surface area (Å²) in [5.41, 5.74) is 0.417. The van der Waals surface area contributed by atoms with E-state index in [9.17, 15) is 28.0 Å². The molecule has 1 heterocycles. The molecule has 1 aliphatic rings. The number of carbonyl (C=O) groups excluding carboxylic acids is 4. The number of halogens is 2. The van der Waals surface area contributed by atoms with Crippen LogP contribution in [-0.2, 0) is 11.3 Å². The van der Waals surface area contributed by atoms with Crippen molar-refractivity contribution in [1.82, 2.24) is 4.90 Å². The molecule has 0 saturated heterocycles. The Bertz CT molecular complexity index is 1300. The number of amides is 2. The molecule has 0 N–H and O–H groups in total. The monoisotopic (exact) mass is 465 g/mol. The van der Waals surface area contributed by atoms with Crippen LogP contribution < -0.4 is 4.74 Å². The van der Waals surface area contributed by atoms with Gasteiger partial charge in [-0.1, -0.05) is 18.2 Å². The number of imide groups is 1. The van der Waals surface area contributed by atoms with Crippen LogP contribution in [0.25, 0.3) is 0 Å². The molecule has 0 aromatic heterocycles. The Labute approximate surface area is 192 Å². The predicted octanol–water partition coefficient (Wildman–Crippen LogP) is 3.81. The molecule has 9 heteroatoms. The largest absolute Gasteiger partial charge is 0.496 e. The average molecular weight is 465 g/mol. The number of Topliss-reactive ketones (excluding diaryl/α,β-unsaturated/α-hetero) is 1. The zero-order valence-corrected chi connectivity index (χ0v) is 17.8. The number of ketones is 1. The molecule has 7 nitrogen and oxygen atoms in total. The lowest BCUT2D eigenvalue weighted by Crippen LogP contribution is -2.29. The Morgan fingerprint density at radius 1 is 0.882 bits per heavy atom. The molecule has 0 fully saturated rings. The van der Waals surface area contributed by atoms with E-state index in [0.717, 1.165) is 23.1 Å². The third-order valence-corrected chi connectivity index (χ3v) is 5.27. The maximum absolute atomic E-state index is 13.8. The Morgan fingerprint density at radius 3 is 2.21 bits per heavy atom. The van der Waals surface area contributed by atoms with E-state index in [-0.39, 0.29) is 17.9 Å². The van der Waals surface area contributed by atoms with Crippen LogP contribution in [0.2, 0.25) is 0 Å². The number of carbonyl (C=O) groups is 4. The van der Waals surface area contributed by atoms with Gasteiger partial charge in [0, 0.05) is 0 Å². The molecule has 0 unspecified atom stereocenters. The molecule has 0 radical (unpaired) electrons. The summed E-state index contributed by atoms with van der Waals surface area (Å²) in [6.45, 7) is -0.935. The van der Waals surface area contributed by atoms with Crippen molar-refractivity contribution in [2.75, 3.05) is 13.7 Å². The molecular weight excluding hydrogens is 448 g/mol. The number of ether oxygens (including phenoxy) is 2. The first-order chi connectivity index (χ1) is 16.3. The molecule has 0 spiro atoms. The van der Waals surface area contributed by atoms with Crippen LogP contribution in [0, 0.1) is 11.6 Å². The molecule has 3 aromatic carbocycles. The lowest BCUT2D eigenvalue weighted by molar-refractivity contribution is 0.0470. The van der Waals surface area contributed by atoms with E-state index < -0.39 is 47.4 Å². The minimum absolute atomic E-state index is 0.0656. The van der Waals surface area contributed by atoms with Gasteiger partial charge in [0.1, 0.15) is 22.9 Å². The lowest BCUT2D eigenvalue weighted by Gasteiger charge is -2.16. The molecule has 3 aromatic rings. The van der Waals surface area contributed by atoms with E-state index in [4.69, 9.17) is 9.47 Å². The fraction of sp³-hybridized carbons (Fsp3) is 0.120. The molecular formula is C25H17F2NO6. The van der Waals surface area contributed by atoms with Crippen molar-refractivity contribution in [3.8, 4) is 5.75 Å². The summed E-state index contributed by atoms with van der Waals surface area (Å²) < 4.78 is 37.3. The van der Waals surface area contributed by atoms with Crippen LogP contribution in [0.4, 0.5) is 8.78 Å². The van der Waals surface area contributed by atoms with Gasteiger partial charge in [0.25, 0.3) is 11.8 Å². The first-order valence-electron chi connectivity index (χ1n) is 10.1. The number of rotatable bonds is 7. The van der Waals surface area contributed by atoms with Crippen LogP contribution in [0.5, 0.6) is 5.75 Å². The van der Waals surface area contributed by atoms with Crippen LogP contribution in [-0.4, -0.2) is 42.2 Å². The SMILES string of the molecule is COc1ccc(CN2C(=O)c3ccccc3C2=O)cc1C(=O)OCC(=O)c1cc(F)ccc1F. The molecule has 0 aliphatic carbocycles. The fourth-order valence-corrected chi connectivity index (χ4v) is 3.58. The van der Waals surface area contributed by atoms with Crippen LogP contribution in [0.3, 0.4) is 0 Å². The highest BCUT2D eigenvalue weighted by Gasteiger charge is 2.35. The third kappa shape index (κ3) is 4.27. The second-order valence-electron chi connectivity index (χ2n) is 7.40. The molecule has 1 aliphatic heterocycles. The van der Waals surface area contributed by atoms with Gasteiger partial charge >= 0.3 is 5.97 Å². The zero-order chi connectivity index (χ0) is 24.4. The van der Waals surface area contributed by atoms with Gasteiger partial charge in [-0.3, -0.25) is 19.3 Å². The quantitative estimate of drug-likeness (QED) is 0.300. The second-order valence-corrected chi connectivity index (χ2v) is 7.40. The van der Waals surface area contributed by atoms with Crippen molar-refractivity contribution >= 4 is 23.6 Å². The van der Waals surface area contributed by atoms with Crippen molar-refractivity contribution in [3.05, 3.63) is 100 Å². The summed E-state index contributed by atoms with van der Waals surface area (Å²) in [5, 5.41) is 0. The van der Waals surface area contributed by atoms with Gasteiger partial charge < -0.3 is 9.47 Å². The minimum Gasteiger partial charge on any atom is -0.496 e. The summed E-state index contributed by atoms with van der Waals surface area (Å²) in [6.07, 6.45) is 0. The van der Waals surface area contributed by atoms with Gasteiger partial charge in [-0.15, -0.1) is 0 Å². The van der Waals surface area contributed by atoms with E-state index in [0.29, 0.717) is 16.7 Å². The molecule has 4 rings (SSSR count). The number of fused-ring (bicyclic) bond motifs is 1. The minimum atomic E-state index is -0.953. The molecule has 0 bridgehead atoms. The topological polar surface area (TPSA) is 90.0 Å². The second kappa shape index (κ2) is 9.22. The number of nitrogens with zero attached hydrogens (tertiary/aromatic N) is 1. The first-order valence-corrected chi connectivity index (χ1v) is 10.1. The van der Waals surface area contributed by atoms with Crippen LogP contribution in [0.1, 0.15) is 47.0 Å². The Morgan fingerprint density at radius 2 is 1.56 bits per heavy atom. The molecule has 172 valence electrons. The Kier molecular flexibility index (Phi) is 6.18. The maximum Gasteiger partial charge on any atom is 0.342 e. The lowest BCUT2D eigenvalue weighted by atomic mass is 10.1. The summed E-state index contributed by atoms with van der Waals surface area (Å²) in [7, 11) is 1.32. The highest BCUT2D eigenvalue weighted by molar-refractivity contribution is 6.21. The highest BCUT2D eigenvalue weighted by atomic mass is 19.1. The third-order valence-electron chi connectivity index (χ3n) is 5.27. The van der Waals surface area contributed by atoms with E-state index in [2.05, 4.69) is 0 Å². The number of benzene rings is 3. The van der Waals surface area contributed by atoms with Crippen molar-refractivity contribution in [3.63, 3.8) is 0 Å². The molecule has 34 heavy (non-hydrogen) atoms. The highest BCUT2D eigenvalue weighted by Crippen LogP contribution is 2.27. The molecule has 0 saturated carbocycles. The van der Waals surface area contributed by atoms with Gasteiger partial charge in [-0.25, -0.2) is 13.6 Å². The van der Waals surface area contributed by atoms with Crippen LogP contribution in [0.15, 0.2) is 60.7 Å². The summed E-state index contributed by atoms with van der Waals surface area (Å²) in [4.78, 5) is 51.1. The van der Waals surface area contributed by atoms with Gasteiger partial charge in [-0.2, -0.15) is 0 Å². The maximum atomic E-state index is 13.8. The number of methoxy groups -OCH3 is 1.